The van der Waals surface area contributed by atoms with Crippen molar-refractivity contribution in [3.8, 4) is 0 Å². The van der Waals surface area contributed by atoms with Gasteiger partial charge in [0.25, 0.3) is 0 Å². The minimum Gasteiger partial charge on any atom is -0.394 e. The molecule has 0 aromatic heterocycles. The third-order valence-electron chi connectivity index (χ3n) is 4.48. The Hall–Kier alpha value is -0.810. The molecule has 20 heavy (non-hydrogen) atoms. The molecule has 0 radical (unpaired) electrons. The van der Waals surface area contributed by atoms with Crippen LogP contribution in [0.15, 0.2) is 0 Å². The van der Waals surface area contributed by atoms with Crippen LogP contribution in [0, 0.1) is 5.92 Å². The van der Waals surface area contributed by atoms with E-state index in [1.807, 2.05) is 0 Å². The van der Waals surface area contributed by atoms with Crippen LogP contribution in [0.3, 0.4) is 0 Å². The molecule has 5 heteroatoms. The molecule has 116 valence electrons. The monoisotopic (exact) mass is 283 g/mol. The lowest BCUT2D eigenvalue weighted by Gasteiger charge is -2.32. The van der Waals surface area contributed by atoms with E-state index in [0.29, 0.717) is 12.0 Å². The zero-order valence-electron chi connectivity index (χ0n) is 12.8. The van der Waals surface area contributed by atoms with Crippen molar-refractivity contribution in [3.05, 3.63) is 0 Å². The van der Waals surface area contributed by atoms with Gasteiger partial charge >= 0.3 is 6.03 Å². The number of aliphatic hydroxyl groups excluding tert-OH is 1. The van der Waals surface area contributed by atoms with E-state index in [2.05, 4.69) is 29.4 Å². The van der Waals surface area contributed by atoms with Crippen LogP contribution in [0.25, 0.3) is 0 Å². The van der Waals surface area contributed by atoms with E-state index in [-0.39, 0.29) is 24.7 Å². The molecule has 2 amide bonds. The Balaban J connectivity index is 1.79. The Bertz CT molecular complexity index is 322. The van der Waals surface area contributed by atoms with Crippen molar-refractivity contribution >= 4 is 6.03 Å². The van der Waals surface area contributed by atoms with Crippen LogP contribution in [-0.4, -0.2) is 53.9 Å². The first-order chi connectivity index (χ1) is 9.60. The summed E-state index contributed by atoms with van der Waals surface area (Å²) in [6.45, 7) is 6.48. The number of carbonyl (C=O) groups excluding carboxylic acids is 1. The second kappa shape index (κ2) is 7.27. The molecule has 2 rings (SSSR count). The van der Waals surface area contributed by atoms with Gasteiger partial charge in [-0.15, -0.1) is 0 Å². The average Bonchev–Trinajstić information content (AvgIpc) is 2.81. The molecule has 0 spiro atoms. The van der Waals surface area contributed by atoms with Gasteiger partial charge in [-0.2, -0.15) is 0 Å². The number of fused-ring (bicyclic) bond motifs is 1. The van der Waals surface area contributed by atoms with Crippen molar-refractivity contribution in [2.24, 2.45) is 5.92 Å². The molecule has 0 saturated carbocycles. The zero-order chi connectivity index (χ0) is 14.5. The molecule has 2 heterocycles. The second-order valence-corrected chi connectivity index (χ2v) is 6.62. The molecule has 2 fully saturated rings. The number of hydrogen-bond donors (Lipinski definition) is 3. The number of piperidine rings is 1. The average molecular weight is 283 g/mol. The van der Waals surface area contributed by atoms with Crippen molar-refractivity contribution in [2.45, 2.75) is 64.1 Å². The van der Waals surface area contributed by atoms with Crippen molar-refractivity contribution in [1.29, 1.82) is 0 Å². The van der Waals surface area contributed by atoms with Crippen LogP contribution in [0.5, 0.6) is 0 Å². The standard InChI is InChI=1S/C15H29N3O2/c1-11(2)9-12(10-19)16-15(20)17-13-6-8-18-7-4-3-5-14(13)18/h11-14,19H,3-10H2,1-2H3,(H2,16,17,20). The maximum Gasteiger partial charge on any atom is 0.315 e. The molecular formula is C15H29N3O2. The summed E-state index contributed by atoms with van der Waals surface area (Å²) in [6.07, 6.45) is 5.61. The molecule has 2 aliphatic heterocycles. The smallest absolute Gasteiger partial charge is 0.315 e. The SMILES string of the molecule is CC(C)CC(CO)NC(=O)NC1CCN2CCCCC12. The number of hydrogen-bond acceptors (Lipinski definition) is 3. The van der Waals surface area contributed by atoms with E-state index in [1.54, 1.807) is 0 Å². The number of nitrogens with zero attached hydrogens (tertiary/aromatic N) is 1. The predicted molar refractivity (Wildman–Crippen MR) is 79.6 cm³/mol. The quantitative estimate of drug-likeness (QED) is 0.713. The van der Waals surface area contributed by atoms with Crippen LogP contribution < -0.4 is 10.6 Å². The number of nitrogens with one attached hydrogen (secondary N) is 2. The Morgan fingerprint density at radius 1 is 1.30 bits per heavy atom. The Morgan fingerprint density at radius 3 is 2.80 bits per heavy atom. The van der Waals surface area contributed by atoms with Gasteiger partial charge in [0.05, 0.1) is 12.6 Å². The predicted octanol–water partition coefficient (Wildman–Crippen LogP) is 1.32. The van der Waals surface area contributed by atoms with E-state index < -0.39 is 0 Å². The summed E-state index contributed by atoms with van der Waals surface area (Å²) in [6, 6.07) is 0.529. The lowest BCUT2D eigenvalue weighted by molar-refractivity contribution is 0.175. The fraction of sp³-hybridized carbons (Fsp3) is 0.933. The third-order valence-corrected chi connectivity index (χ3v) is 4.48. The summed E-state index contributed by atoms with van der Waals surface area (Å²) < 4.78 is 0. The first-order valence-electron chi connectivity index (χ1n) is 8.02. The number of aliphatic hydroxyl groups is 1. The van der Waals surface area contributed by atoms with Gasteiger partial charge in [0.2, 0.25) is 0 Å². The first-order valence-corrected chi connectivity index (χ1v) is 8.02. The second-order valence-electron chi connectivity index (χ2n) is 6.62. The van der Waals surface area contributed by atoms with Gasteiger partial charge in [-0.05, 0) is 38.1 Å². The van der Waals surface area contributed by atoms with Gasteiger partial charge in [0.15, 0.2) is 0 Å². The molecule has 2 saturated heterocycles. The van der Waals surface area contributed by atoms with Crippen LogP contribution in [0.4, 0.5) is 4.79 Å². The molecule has 3 N–H and O–H groups in total. The maximum absolute atomic E-state index is 12.1. The van der Waals surface area contributed by atoms with Crippen molar-refractivity contribution < 1.29 is 9.90 Å². The number of amides is 2. The Morgan fingerprint density at radius 2 is 2.10 bits per heavy atom. The highest BCUT2D eigenvalue weighted by atomic mass is 16.3. The van der Waals surface area contributed by atoms with E-state index in [4.69, 9.17) is 0 Å². The molecule has 3 atom stereocenters. The summed E-state index contributed by atoms with van der Waals surface area (Å²) in [5.74, 6) is 0.466. The normalized spacial score (nSPS) is 28.2. The van der Waals surface area contributed by atoms with Crippen molar-refractivity contribution in [2.75, 3.05) is 19.7 Å². The van der Waals surface area contributed by atoms with Crippen molar-refractivity contribution in [3.63, 3.8) is 0 Å². The van der Waals surface area contributed by atoms with Crippen LogP contribution >= 0.6 is 0 Å². The van der Waals surface area contributed by atoms with Crippen molar-refractivity contribution in [1.82, 2.24) is 15.5 Å². The molecular weight excluding hydrogens is 254 g/mol. The minimum atomic E-state index is -0.140. The van der Waals surface area contributed by atoms with Crippen LogP contribution in [0.2, 0.25) is 0 Å². The summed E-state index contributed by atoms with van der Waals surface area (Å²) in [5.41, 5.74) is 0. The van der Waals surface area contributed by atoms with E-state index in [0.717, 1.165) is 19.4 Å². The lowest BCUT2D eigenvalue weighted by atomic mass is 9.99. The molecule has 0 aromatic carbocycles. The van der Waals surface area contributed by atoms with Crippen LogP contribution in [-0.2, 0) is 0 Å². The van der Waals surface area contributed by atoms with Crippen LogP contribution in [0.1, 0.15) is 46.0 Å². The molecule has 2 aliphatic rings. The molecule has 0 aromatic rings. The minimum absolute atomic E-state index is 0.00577. The van der Waals surface area contributed by atoms with Gasteiger partial charge in [0, 0.05) is 18.6 Å². The first kappa shape index (κ1) is 15.6. The topological polar surface area (TPSA) is 64.6 Å². The zero-order valence-corrected chi connectivity index (χ0v) is 12.8. The van der Waals surface area contributed by atoms with E-state index in [1.165, 1.54) is 25.8 Å². The van der Waals surface area contributed by atoms with Gasteiger partial charge in [-0.25, -0.2) is 4.79 Å². The summed E-state index contributed by atoms with van der Waals surface area (Å²) >= 11 is 0. The fourth-order valence-corrected chi connectivity index (χ4v) is 3.56. The summed E-state index contributed by atoms with van der Waals surface area (Å²) in [7, 11) is 0. The molecule has 3 unspecified atom stereocenters. The number of rotatable bonds is 5. The summed E-state index contributed by atoms with van der Waals surface area (Å²) in [5, 5.41) is 15.3. The van der Waals surface area contributed by atoms with E-state index in [9.17, 15) is 9.90 Å². The highest BCUT2D eigenvalue weighted by Crippen LogP contribution is 2.27. The molecule has 0 aliphatic carbocycles. The van der Waals surface area contributed by atoms with E-state index >= 15 is 0 Å². The van der Waals surface area contributed by atoms with Gasteiger partial charge < -0.3 is 15.7 Å². The fourth-order valence-electron chi connectivity index (χ4n) is 3.56. The van der Waals surface area contributed by atoms with Gasteiger partial charge in [-0.1, -0.05) is 20.3 Å². The largest absolute Gasteiger partial charge is 0.394 e. The summed E-state index contributed by atoms with van der Waals surface area (Å²) in [4.78, 5) is 14.6. The molecule has 5 nitrogen and oxygen atoms in total. The number of urea groups is 1. The lowest BCUT2D eigenvalue weighted by Crippen LogP contribution is -2.52. The highest BCUT2D eigenvalue weighted by Gasteiger charge is 2.36. The maximum atomic E-state index is 12.1. The Labute approximate surface area is 122 Å². The molecule has 0 bridgehead atoms. The number of carbonyl (C=O) groups is 1. The van der Waals surface area contributed by atoms with Gasteiger partial charge in [-0.3, -0.25) is 4.90 Å². The van der Waals surface area contributed by atoms with Gasteiger partial charge in [0.1, 0.15) is 0 Å². The highest BCUT2D eigenvalue weighted by molar-refractivity contribution is 5.74. The Kier molecular flexibility index (Phi) is 5.66. The third kappa shape index (κ3) is 4.09.